The van der Waals surface area contributed by atoms with Crippen LogP contribution in [0.2, 0.25) is 5.02 Å². The minimum Gasteiger partial charge on any atom is -0.398 e. The molecule has 33 heavy (non-hydrogen) atoms. The molecule has 0 saturated heterocycles. The number of anilines is 3. The van der Waals surface area contributed by atoms with Crippen molar-refractivity contribution in [2.75, 3.05) is 23.4 Å². The molecule has 0 radical (unpaired) electrons. The number of carbonyl (C=O) groups excluding carboxylic acids is 1. The number of hydrogen-bond acceptors (Lipinski definition) is 7. The highest BCUT2D eigenvalue weighted by molar-refractivity contribution is 6.30. The summed E-state index contributed by atoms with van der Waals surface area (Å²) in [4.78, 5) is 11.5. The molecular weight excluding hydrogens is 447 g/mol. The first-order valence-electron chi connectivity index (χ1n) is 9.97. The van der Waals surface area contributed by atoms with E-state index in [2.05, 4.69) is 15.7 Å². The van der Waals surface area contributed by atoms with Crippen LogP contribution in [0.1, 0.15) is 29.8 Å². The van der Waals surface area contributed by atoms with Crippen LogP contribution in [0.3, 0.4) is 0 Å². The molecule has 1 aliphatic rings. The summed E-state index contributed by atoms with van der Waals surface area (Å²) >= 11 is 5.79. The van der Waals surface area contributed by atoms with Crippen LogP contribution in [-0.4, -0.2) is 34.4 Å². The molecule has 8 nitrogen and oxygen atoms in total. The van der Waals surface area contributed by atoms with Gasteiger partial charge in [-0.05, 0) is 37.3 Å². The Bertz CT molecular complexity index is 1220. The molecule has 2 aromatic carbocycles. The van der Waals surface area contributed by atoms with E-state index in [1.165, 1.54) is 23.0 Å². The molecule has 1 aromatic heterocycles. The maximum absolute atomic E-state index is 14.3. The number of nitrogens with two attached hydrogens (primary N) is 1. The van der Waals surface area contributed by atoms with Crippen LogP contribution in [0.4, 0.5) is 21.6 Å². The SMILES string of the molecule is CC1=C(C=O)C(c2ccc(Cl)cc2F)n2nc(CO)cc2N1.CNc1ccc(N)c(C=N)c1. The van der Waals surface area contributed by atoms with Gasteiger partial charge >= 0.3 is 0 Å². The molecule has 172 valence electrons. The van der Waals surface area contributed by atoms with Crippen LogP contribution in [0.25, 0.3) is 0 Å². The number of allylic oxidation sites excluding steroid dienone is 2. The number of hydrogen-bond donors (Lipinski definition) is 5. The van der Waals surface area contributed by atoms with E-state index in [4.69, 9.17) is 22.7 Å². The van der Waals surface area contributed by atoms with E-state index in [9.17, 15) is 14.3 Å². The van der Waals surface area contributed by atoms with Crippen LogP contribution in [0, 0.1) is 11.2 Å². The first kappa shape index (κ1) is 24.0. The maximum atomic E-state index is 14.3. The first-order chi connectivity index (χ1) is 15.8. The molecule has 2 heterocycles. The standard InChI is InChI=1S/C15H13ClFN3O2.C8H11N3/c1-8-12(7-22)15(11-3-2-9(16)4-13(11)17)20-14(18-8)5-10(6-21)19-20;1-11-7-2-3-8(10)6(4-7)5-9/h2-5,7,15,18,21H,6H2,1H3;2-5,9,11H,10H2,1H3. The number of aliphatic hydroxyl groups excluding tert-OH is 1. The second-order valence-electron chi connectivity index (χ2n) is 7.25. The summed E-state index contributed by atoms with van der Waals surface area (Å²) in [6.07, 6.45) is 1.93. The normalized spacial score (nSPS) is 14.5. The molecule has 10 heteroatoms. The van der Waals surface area contributed by atoms with Gasteiger partial charge in [-0.2, -0.15) is 5.10 Å². The number of rotatable bonds is 5. The van der Waals surface area contributed by atoms with Crippen molar-refractivity contribution < 1.29 is 14.3 Å². The highest BCUT2D eigenvalue weighted by atomic mass is 35.5. The summed E-state index contributed by atoms with van der Waals surface area (Å²) in [5.74, 6) is 0.0741. The molecular formula is C23H24ClFN6O2. The summed E-state index contributed by atoms with van der Waals surface area (Å²) < 4.78 is 15.8. The fourth-order valence-corrected chi connectivity index (χ4v) is 3.60. The van der Waals surface area contributed by atoms with E-state index in [0.29, 0.717) is 40.3 Å². The van der Waals surface area contributed by atoms with Gasteiger partial charge in [-0.3, -0.25) is 4.79 Å². The minimum atomic E-state index is -0.702. The van der Waals surface area contributed by atoms with E-state index < -0.39 is 11.9 Å². The molecule has 0 fully saturated rings. The van der Waals surface area contributed by atoms with Crippen molar-refractivity contribution >= 4 is 41.3 Å². The van der Waals surface area contributed by atoms with Gasteiger partial charge in [0.2, 0.25) is 0 Å². The molecule has 0 amide bonds. The van der Waals surface area contributed by atoms with Crippen molar-refractivity contribution in [3.63, 3.8) is 0 Å². The zero-order valence-corrected chi connectivity index (χ0v) is 18.8. The molecule has 1 atom stereocenters. The lowest BCUT2D eigenvalue weighted by Crippen LogP contribution is -2.25. The summed E-state index contributed by atoms with van der Waals surface area (Å²) in [5, 5.41) is 26.8. The first-order valence-corrected chi connectivity index (χ1v) is 10.4. The van der Waals surface area contributed by atoms with Crippen molar-refractivity contribution in [3.8, 4) is 0 Å². The Morgan fingerprint density at radius 3 is 2.70 bits per heavy atom. The number of fused-ring (bicyclic) bond motifs is 1. The number of nitrogens with one attached hydrogen (secondary N) is 3. The molecule has 1 unspecified atom stereocenters. The average Bonchev–Trinajstić information content (AvgIpc) is 3.22. The number of nitrogens with zero attached hydrogens (tertiary/aromatic N) is 2. The van der Waals surface area contributed by atoms with Gasteiger partial charge in [0.25, 0.3) is 0 Å². The van der Waals surface area contributed by atoms with E-state index in [0.717, 1.165) is 11.3 Å². The number of aldehydes is 1. The Kier molecular flexibility index (Phi) is 7.47. The van der Waals surface area contributed by atoms with E-state index in [-0.39, 0.29) is 11.6 Å². The number of nitrogen functional groups attached to an aromatic ring is 1. The lowest BCUT2D eigenvalue weighted by molar-refractivity contribution is -0.105. The van der Waals surface area contributed by atoms with Crippen LogP contribution in [0.5, 0.6) is 0 Å². The fraction of sp³-hybridized carbons (Fsp3) is 0.174. The van der Waals surface area contributed by atoms with E-state index in [1.807, 2.05) is 19.2 Å². The van der Waals surface area contributed by atoms with Crippen molar-refractivity contribution in [1.29, 1.82) is 5.41 Å². The third-order valence-electron chi connectivity index (χ3n) is 5.15. The second-order valence-corrected chi connectivity index (χ2v) is 7.69. The van der Waals surface area contributed by atoms with Gasteiger partial charge in [-0.15, -0.1) is 0 Å². The predicted molar refractivity (Wildman–Crippen MR) is 128 cm³/mol. The largest absolute Gasteiger partial charge is 0.398 e. The molecule has 0 bridgehead atoms. The highest BCUT2D eigenvalue weighted by Crippen LogP contribution is 2.36. The lowest BCUT2D eigenvalue weighted by Gasteiger charge is -2.28. The molecule has 0 saturated carbocycles. The Balaban J connectivity index is 0.000000235. The highest BCUT2D eigenvalue weighted by Gasteiger charge is 2.30. The van der Waals surface area contributed by atoms with Gasteiger partial charge < -0.3 is 26.9 Å². The number of benzene rings is 2. The van der Waals surface area contributed by atoms with Gasteiger partial charge in [-0.1, -0.05) is 17.7 Å². The van der Waals surface area contributed by atoms with Gasteiger partial charge in [0.05, 0.1) is 12.3 Å². The Morgan fingerprint density at radius 1 is 1.33 bits per heavy atom. The molecule has 3 aromatic rings. The number of carbonyl (C=O) groups is 1. The number of halogens is 2. The third-order valence-corrected chi connectivity index (χ3v) is 5.39. The zero-order chi connectivity index (χ0) is 24.1. The Hall–Kier alpha value is -3.69. The second kappa shape index (κ2) is 10.3. The average molecular weight is 471 g/mol. The predicted octanol–water partition coefficient (Wildman–Crippen LogP) is 3.96. The monoisotopic (exact) mass is 470 g/mol. The quantitative estimate of drug-likeness (QED) is 0.218. The van der Waals surface area contributed by atoms with Gasteiger partial charge in [-0.25, -0.2) is 9.07 Å². The van der Waals surface area contributed by atoms with Crippen molar-refractivity contribution in [1.82, 2.24) is 9.78 Å². The van der Waals surface area contributed by atoms with Crippen LogP contribution >= 0.6 is 11.6 Å². The summed E-state index contributed by atoms with van der Waals surface area (Å²) in [6.45, 7) is 1.49. The topological polar surface area (TPSA) is 129 Å². The smallest absolute Gasteiger partial charge is 0.150 e. The summed E-state index contributed by atoms with van der Waals surface area (Å²) in [7, 11) is 1.83. The zero-order valence-electron chi connectivity index (χ0n) is 18.1. The van der Waals surface area contributed by atoms with Gasteiger partial charge in [0.15, 0.2) is 0 Å². The fourth-order valence-electron chi connectivity index (χ4n) is 3.44. The van der Waals surface area contributed by atoms with Crippen LogP contribution in [0.15, 0.2) is 53.7 Å². The van der Waals surface area contributed by atoms with Crippen LogP contribution < -0.4 is 16.4 Å². The lowest BCUT2D eigenvalue weighted by atomic mass is 9.96. The third kappa shape index (κ3) is 5.05. The van der Waals surface area contributed by atoms with E-state index in [1.54, 1.807) is 25.1 Å². The maximum Gasteiger partial charge on any atom is 0.150 e. The van der Waals surface area contributed by atoms with Crippen molar-refractivity contribution in [3.05, 3.63) is 81.4 Å². The van der Waals surface area contributed by atoms with Crippen LogP contribution in [-0.2, 0) is 11.4 Å². The Morgan fingerprint density at radius 2 is 2.09 bits per heavy atom. The van der Waals surface area contributed by atoms with E-state index >= 15 is 0 Å². The molecule has 0 spiro atoms. The number of aliphatic hydroxyl groups is 1. The van der Waals surface area contributed by atoms with Gasteiger partial charge in [0.1, 0.15) is 24.0 Å². The molecule has 4 rings (SSSR count). The van der Waals surface area contributed by atoms with Crippen molar-refractivity contribution in [2.45, 2.75) is 19.6 Å². The molecule has 6 N–H and O–H groups in total. The van der Waals surface area contributed by atoms with Crippen molar-refractivity contribution in [2.24, 2.45) is 0 Å². The Labute approximate surface area is 195 Å². The summed E-state index contributed by atoms with van der Waals surface area (Å²) in [5.41, 5.74) is 9.65. The molecule has 1 aliphatic heterocycles. The number of aromatic nitrogens is 2. The van der Waals surface area contributed by atoms with Gasteiger partial charge in [0, 0.05) is 58.1 Å². The minimum absolute atomic E-state index is 0.243. The summed E-state index contributed by atoms with van der Waals surface area (Å²) in [6, 6.07) is 10.8. The molecule has 0 aliphatic carbocycles.